The van der Waals surface area contributed by atoms with Crippen molar-refractivity contribution in [3.8, 4) is 11.6 Å². The number of carbonyl (C=O) groups excluding carboxylic acids is 2. The minimum atomic E-state index is -0.434. The first-order valence-electron chi connectivity index (χ1n) is 10.3. The summed E-state index contributed by atoms with van der Waals surface area (Å²) in [5.41, 5.74) is 5.51. The molecule has 170 valence electrons. The molecule has 0 radical (unpaired) electrons. The van der Waals surface area contributed by atoms with Crippen molar-refractivity contribution in [2.75, 3.05) is 25.1 Å². The zero-order chi connectivity index (χ0) is 23.4. The first kappa shape index (κ1) is 22.3. The molecule has 1 saturated heterocycles. The maximum atomic E-state index is 12.8. The second-order valence-electron chi connectivity index (χ2n) is 7.41. The van der Waals surface area contributed by atoms with E-state index in [9.17, 15) is 9.59 Å². The van der Waals surface area contributed by atoms with Crippen LogP contribution in [0, 0.1) is 6.92 Å². The number of methoxy groups -OCH3 is 1. The average Bonchev–Trinajstić information content (AvgIpc) is 3.25. The maximum absolute atomic E-state index is 12.8. The molecule has 1 fully saturated rings. The van der Waals surface area contributed by atoms with Crippen molar-refractivity contribution in [2.45, 2.75) is 13.3 Å². The summed E-state index contributed by atoms with van der Waals surface area (Å²) in [6.45, 7) is 2.89. The number of pyridine rings is 1. The topological polar surface area (TPSA) is 92.6 Å². The summed E-state index contributed by atoms with van der Waals surface area (Å²) in [4.78, 5) is 35.5. The molecule has 1 aromatic carbocycles. The van der Waals surface area contributed by atoms with Crippen molar-refractivity contribution in [1.82, 2.24) is 25.0 Å². The molecular weight excluding hydrogens is 444 g/mol. The molecule has 3 aromatic rings. The number of carbonyl (C=O) groups is 2. The molecule has 9 nitrogen and oxygen atoms in total. The predicted molar refractivity (Wildman–Crippen MR) is 125 cm³/mol. The molecule has 1 aliphatic heterocycles. The van der Waals surface area contributed by atoms with E-state index in [-0.39, 0.29) is 6.03 Å². The number of halogens is 1. The smallest absolute Gasteiger partial charge is 0.343 e. The van der Waals surface area contributed by atoms with E-state index in [0.29, 0.717) is 36.1 Å². The Labute approximate surface area is 196 Å². The zero-order valence-corrected chi connectivity index (χ0v) is 19.0. The van der Waals surface area contributed by atoms with E-state index in [4.69, 9.17) is 16.3 Å². The summed E-state index contributed by atoms with van der Waals surface area (Å²) in [6.07, 6.45) is 7.15. The van der Waals surface area contributed by atoms with Crippen molar-refractivity contribution in [1.29, 1.82) is 0 Å². The number of aryl methyl sites for hydroxylation is 1. The largest absolute Gasteiger partial charge is 0.479 e. The molecule has 1 aliphatic rings. The molecule has 4 rings (SSSR count). The Bertz CT molecular complexity index is 1190. The lowest BCUT2D eigenvalue weighted by Gasteiger charge is -2.35. The fourth-order valence-corrected chi connectivity index (χ4v) is 3.59. The first-order chi connectivity index (χ1) is 15.9. The number of anilines is 1. The van der Waals surface area contributed by atoms with Gasteiger partial charge in [-0.25, -0.2) is 19.8 Å². The van der Waals surface area contributed by atoms with Crippen LogP contribution >= 0.6 is 11.6 Å². The third kappa shape index (κ3) is 5.15. The number of hydrazine groups is 1. The molecule has 10 heteroatoms. The lowest BCUT2D eigenvalue weighted by Crippen LogP contribution is -2.56. The maximum Gasteiger partial charge on any atom is 0.343 e. The lowest BCUT2D eigenvalue weighted by atomic mass is 10.2. The lowest BCUT2D eigenvalue weighted by molar-refractivity contribution is -0.120. The Morgan fingerprint density at radius 2 is 1.97 bits per heavy atom. The van der Waals surface area contributed by atoms with E-state index in [2.05, 4.69) is 15.4 Å². The number of imidazole rings is 1. The van der Waals surface area contributed by atoms with Crippen molar-refractivity contribution in [2.24, 2.45) is 0 Å². The summed E-state index contributed by atoms with van der Waals surface area (Å²) in [5.74, 6) is -0.0313. The molecule has 0 saturated carbocycles. The van der Waals surface area contributed by atoms with Crippen LogP contribution in [0.3, 0.4) is 0 Å². The van der Waals surface area contributed by atoms with Crippen LogP contribution in [-0.4, -0.2) is 51.7 Å². The first-order valence-corrected chi connectivity index (χ1v) is 10.7. The number of hydrogen-bond acceptors (Lipinski definition) is 5. The standard InChI is InChI=1S/C23H23ClN6O3/c1-16-14-28(15-25-16)20-10-6-18(26-22(20)33-2)7-11-21(31)27-30-13-3-12-29(23(30)32)19-8-4-17(24)5-9-19/h4-11,14-15H,3,12-13H2,1-2H3,(H,27,31)/b11-7+. The molecule has 0 bridgehead atoms. The summed E-state index contributed by atoms with van der Waals surface area (Å²) in [7, 11) is 1.53. The average molecular weight is 467 g/mol. The van der Waals surface area contributed by atoms with E-state index >= 15 is 0 Å². The van der Waals surface area contributed by atoms with Gasteiger partial charge in [-0.1, -0.05) is 11.6 Å². The minimum Gasteiger partial charge on any atom is -0.479 e. The quantitative estimate of drug-likeness (QED) is 0.560. The molecule has 33 heavy (non-hydrogen) atoms. The second-order valence-corrected chi connectivity index (χ2v) is 7.85. The van der Waals surface area contributed by atoms with Crippen LogP contribution in [0.5, 0.6) is 5.88 Å². The third-order valence-electron chi connectivity index (χ3n) is 5.06. The van der Waals surface area contributed by atoms with Gasteiger partial charge in [0.15, 0.2) is 0 Å². The van der Waals surface area contributed by atoms with Gasteiger partial charge in [-0.2, -0.15) is 0 Å². The monoisotopic (exact) mass is 466 g/mol. The summed E-state index contributed by atoms with van der Waals surface area (Å²) < 4.78 is 7.21. The van der Waals surface area contributed by atoms with E-state index in [1.807, 2.05) is 23.8 Å². The van der Waals surface area contributed by atoms with Gasteiger partial charge in [-0.3, -0.25) is 15.1 Å². The van der Waals surface area contributed by atoms with Gasteiger partial charge in [-0.15, -0.1) is 0 Å². The molecular formula is C23H23ClN6O3. The fraction of sp³-hybridized carbons (Fsp3) is 0.217. The van der Waals surface area contributed by atoms with Gasteiger partial charge >= 0.3 is 6.03 Å². The number of rotatable bonds is 6. The Hall–Kier alpha value is -3.85. The van der Waals surface area contributed by atoms with Crippen LogP contribution in [0.15, 0.2) is 55.0 Å². The van der Waals surface area contributed by atoms with Gasteiger partial charge < -0.3 is 9.30 Å². The third-order valence-corrected chi connectivity index (χ3v) is 5.31. The molecule has 1 N–H and O–H groups in total. The van der Waals surface area contributed by atoms with Gasteiger partial charge in [0.05, 0.1) is 24.8 Å². The van der Waals surface area contributed by atoms with Gasteiger partial charge in [0, 0.05) is 36.1 Å². The second kappa shape index (κ2) is 9.74. The Kier molecular flexibility index (Phi) is 6.60. The van der Waals surface area contributed by atoms with E-state index < -0.39 is 5.91 Å². The summed E-state index contributed by atoms with van der Waals surface area (Å²) in [5, 5.41) is 1.90. The van der Waals surface area contributed by atoms with E-state index in [1.54, 1.807) is 47.6 Å². The summed E-state index contributed by atoms with van der Waals surface area (Å²) >= 11 is 5.93. The van der Waals surface area contributed by atoms with Crippen LogP contribution < -0.4 is 15.1 Å². The highest BCUT2D eigenvalue weighted by molar-refractivity contribution is 6.30. The molecule has 3 amide bonds. The highest BCUT2D eigenvalue weighted by Crippen LogP contribution is 2.23. The van der Waals surface area contributed by atoms with Crippen molar-refractivity contribution < 1.29 is 14.3 Å². The van der Waals surface area contributed by atoms with Gasteiger partial charge in [0.25, 0.3) is 5.91 Å². The van der Waals surface area contributed by atoms with Crippen LogP contribution in [0.25, 0.3) is 11.8 Å². The highest BCUT2D eigenvalue weighted by atomic mass is 35.5. The van der Waals surface area contributed by atoms with E-state index in [1.165, 1.54) is 18.2 Å². The molecule has 3 heterocycles. The number of aromatic nitrogens is 3. The Morgan fingerprint density at radius 3 is 2.67 bits per heavy atom. The van der Waals surface area contributed by atoms with Crippen LogP contribution in [0.2, 0.25) is 5.02 Å². The number of benzene rings is 1. The minimum absolute atomic E-state index is 0.301. The molecule has 0 aliphatic carbocycles. The van der Waals surface area contributed by atoms with Crippen LogP contribution in [-0.2, 0) is 4.79 Å². The van der Waals surface area contributed by atoms with Gasteiger partial charge in [0.2, 0.25) is 5.88 Å². The fourth-order valence-electron chi connectivity index (χ4n) is 3.46. The molecule has 0 atom stereocenters. The van der Waals surface area contributed by atoms with E-state index in [0.717, 1.165) is 17.1 Å². The Balaban J connectivity index is 1.42. The number of amides is 3. The molecule has 0 unspecified atom stereocenters. The number of ether oxygens (including phenoxy) is 1. The normalized spacial score (nSPS) is 14.1. The van der Waals surface area contributed by atoms with Crippen LogP contribution in [0.4, 0.5) is 10.5 Å². The summed E-state index contributed by atoms with van der Waals surface area (Å²) in [6, 6.07) is 10.3. The zero-order valence-electron chi connectivity index (χ0n) is 18.2. The van der Waals surface area contributed by atoms with Crippen LogP contribution in [0.1, 0.15) is 17.8 Å². The molecule has 2 aromatic heterocycles. The number of nitrogens with one attached hydrogen (secondary N) is 1. The van der Waals surface area contributed by atoms with Gasteiger partial charge in [0.1, 0.15) is 5.69 Å². The Morgan fingerprint density at radius 1 is 1.18 bits per heavy atom. The van der Waals surface area contributed by atoms with Crippen molar-refractivity contribution in [3.05, 3.63) is 71.4 Å². The van der Waals surface area contributed by atoms with Crippen molar-refractivity contribution >= 4 is 35.3 Å². The van der Waals surface area contributed by atoms with Gasteiger partial charge in [-0.05, 0) is 55.8 Å². The number of nitrogens with zero attached hydrogens (tertiary/aromatic N) is 5. The highest BCUT2D eigenvalue weighted by Gasteiger charge is 2.27. The predicted octanol–water partition coefficient (Wildman–Crippen LogP) is 3.61. The number of hydrogen-bond donors (Lipinski definition) is 1. The number of urea groups is 1. The van der Waals surface area contributed by atoms with Crippen molar-refractivity contribution in [3.63, 3.8) is 0 Å². The SMILES string of the molecule is COc1nc(/C=C/C(=O)NN2CCCN(c3ccc(Cl)cc3)C2=O)ccc1-n1cnc(C)c1. The molecule has 0 spiro atoms.